The minimum Gasteiger partial charge on any atom is -0.338 e. The molecule has 5 rings (SSSR count). The maximum absolute atomic E-state index is 12.9. The summed E-state index contributed by atoms with van der Waals surface area (Å²) >= 11 is 0. The van der Waals surface area contributed by atoms with Crippen molar-refractivity contribution in [2.45, 2.75) is 64.7 Å². The molecule has 194 valence electrons. The summed E-state index contributed by atoms with van der Waals surface area (Å²) in [4.78, 5) is 45.1. The van der Waals surface area contributed by atoms with Gasteiger partial charge in [-0.2, -0.15) is 0 Å². The number of carbonyl (C=O) groups is 3. The van der Waals surface area contributed by atoms with Crippen LogP contribution < -0.4 is 10.6 Å². The number of aromatic nitrogens is 2. The van der Waals surface area contributed by atoms with Crippen molar-refractivity contribution in [3.8, 4) is 11.4 Å². The average Bonchev–Trinajstić information content (AvgIpc) is 3.36. The first kappa shape index (κ1) is 25.2. The third kappa shape index (κ3) is 5.60. The summed E-state index contributed by atoms with van der Waals surface area (Å²) in [5, 5.41) is 6.10. The fraction of sp³-hybridized carbons (Fsp3) is 0.467. The molecule has 2 aliphatic rings. The molecule has 1 heterocycles. The molecule has 0 bridgehead atoms. The smallest absolute Gasteiger partial charge is 0.228 e. The van der Waals surface area contributed by atoms with E-state index in [-0.39, 0.29) is 29.6 Å². The highest BCUT2D eigenvalue weighted by Crippen LogP contribution is 2.34. The van der Waals surface area contributed by atoms with Crippen molar-refractivity contribution >= 4 is 40.5 Å². The van der Waals surface area contributed by atoms with Gasteiger partial charge in [-0.3, -0.25) is 9.59 Å². The van der Waals surface area contributed by atoms with Gasteiger partial charge in [0.05, 0.1) is 11.0 Å². The van der Waals surface area contributed by atoms with Gasteiger partial charge in [-0.05, 0) is 74.1 Å². The lowest BCUT2D eigenvalue weighted by molar-refractivity contribution is -0.126. The first-order valence-corrected chi connectivity index (χ1v) is 13.7. The molecule has 2 fully saturated rings. The number of aromatic amines is 1. The molecule has 7 heteroatoms. The summed E-state index contributed by atoms with van der Waals surface area (Å²) in [5.41, 5.74) is 4.03. The average molecular weight is 501 g/mol. The Balaban J connectivity index is 1.25. The first-order valence-electron chi connectivity index (χ1n) is 13.7. The van der Waals surface area contributed by atoms with Crippen LogP contribution in [0.3, 0.4) is 0 Å². The highest BCUT2D eigenvalue weighted by Gasteiger charge is 2.31. The van der Waals surface area contributed by atoms with Gasteiger partial charge in [0, 0.05) is 34.7 Å². The fourth-order valence-corrected chi connectivity index (χ4v) is 6.09. The number of benzene rings is 2. The van der Waals surface area contributed by atoms with Crippen LogP contribution in [-0.2, 0) is 14.4 Å². The largest absolute Gasteiger partial charge is 0.338 e. The molecule has 4 atom stereocenters. The second-order valence-corrected chi connectivity index (χ2v) is 10.6. The molecule has 7 nitrogen and oxygen atoms in total. The normalized spacial score (nSPS) is 23.9. The van der Waals surface area contributed by atoms with Crippen LogP contribution in [0, 0.1) is 23.7 Å². The highest BCUT2D eigenvalue weighted by molar-refractivity contribution is 5.96. The molecule has 4 unspecified atom stereocenters. The zero-order valence-electron chi connectivity index (χ0n) is 21.5. The molecule has 2 aliphatic carbocycles. The number of hydrogen-bond acceptors (Lipinski definition) is 4. The molecule has 0 aliphatic heterocycles. The van der Waals surface area contributed by atoms with Crippen molar-refractivity contribution in [2.24, 2.45) is 23.7 Å². The Morgan fingerprint density at radius 2 is 1.54 bits per heavy atom. The number of amides is 2. The number of nitrogens with one attached hydrogen (secondary N) is 3. The number of hydrogen-bond donors (Lipinski definition) is 3. The number of carbonyl (C=O) groups excluding carboxylic acids is 3. The van der Waals surface area contributed by atoms with Crippen molar-refractivity contribution < 1.29 is 14.4 Å². The molecular weight excluding hydrogens is 464 g/mol. The summed E-state index contributed by atoms with van der Waals surface area (Å²) in [6.45, 7) is 2.18. The number of aldehydes is 1. The molecule has 1 aromatic heterocycles. The minimum atomic E-state index is -0.260. The first-order chi connectivity index (χ1) is 18.1. The Labute approximate surface area is 217 Å². The number of fused-ring (bicyclic) bond motifs is 1. The Hall–Kier alpha value is -3.48. The van der Waals surface area contributed by atoms with E-state index >= 15 is 0 Å². The van der Waals surface area contributed by atoms with Crippen molar-refractivity contribution in [3.05, 3.63) is 42.5 Å². The predicted octanol–water partition coefficient (Wildman–Crippen LogP) is 6.33. The standard InChI is InChI=1S/C30H36N4O3/c1-2-19-7-3-5-9-24(19)29(36)31-22-13-11-20(12-14-22)28-33-26-16-15-23(17-27(26)34-28)32-30(37)25-10-6-4-8-21(25)18-35/h11-19,21,24-25H,2-10H2,1H3,(H,31,36)(H,32,37)(H,33,34). The fourth-order valence-electron chi connectivity index (χ4n) is 6.09. The molecule has 37 heavy (non-hydrogen) atoms. The van der Waals surface area contributed by atoms with Crippen molar-refractivity contribution in [1.29, 1.82) is 0 Å². The van der Waals surface area contributed by atoms with Crippen LogP contribution in [0.1, 0.15) is 64.7 Å². The van der Waals surface area contributed by atoms with Gasteiger partial charge in [-0.1, -0.05) is 39.0 Å². The number of H-pyrrole nitrogens is 1. The molecular formula is C30H36N4O3. The van der Waals surface area contributed by atoms with E-state index in [2.05, 4.69) is 22.5 Å². The van der Waals surface area contributed by atoms with Crippen LogP contribution in [0.2, 0.25) is 0 Å². The number of nitrogens with zero attached hydrogens (tertiary/aromatic N) is 1. The number of imidazole rings is 1. The molecule has 0 radical (unpaired) electrons. The van der Waals surface area contributed by atoms with E-state index in [1.165, 1.54) is 6.42 Å². The predicted molar refractivity (Wildman–Crippen MR) is 146 cm³/mol. The van der Waals surface area contributed by atoms with Gasteiger partial charge >= 0.3 is 0 Å². The topological polar surface area (TPSA) is 104 Å². The molecule has 3 aromatic rings. The van der Waals surface area contributed by atoms with E-state index in [4.69, 9.17) is 4.98 Å². The number of rotatable bonds is 7. The van der Waals surface area contributed by atoms with Gasteiger partial charge in [0.15, 0.2) is 0 Å². The van der Waals surface area contributed by atoms with Gasteiger partial charge in [-0.25, -0.2) is 4.98 Å². The SMILES string of the molecule is CCC1CCCCC1C(=O)Nc1ccc(-c2nc3ccc(NC(=O)C4CCCCC4C=O)cc3[nH]2)cc1. The molecule has 3 N–H and O–H groups in total. The van der Waals surface area contributed by atoms with Crippen molar-refractivity contribution in [1.82, 2.24) is 9.97 Å². The van der Waals surface area contributed by atoms with Crippen LogP contribution in [-0.4, -0.2) is 28.1 Å². The minimum absolute atomic E-state index is 0.0907. The Morgan fingerprint density at radius 3 is 2.30 bits per heavy atom. The molecule has 0 spiro atoms. The van der Waals surface area contributed by atoms with Gasteiger partial charge in [0.1, 0.15) is 12.1 Å². The summed E-state index contributed by atoms with van der Waals surface area (Å²) < 4.78 is 0. The van der Waals surface area contributed by atoms with Crippen LogP contribution >= 0.6 is 0 Å². The van der Waals surface area contributed by atoms with Crippen LogP contribution in [0.25, 0.3) is 22.4 Å². The van der Waals surface area contributed by atoms with Crippen LogP contribution in [0.4, 0.5) is 11.4 Å². The second kappa shape index (κ2) is 11.3. The van der Waals surface area contributed by atoms with Gasteiger partial charge in [0.25, 0.3) is 0 Å². The van der Waals surface area contributed by atoms with Crippen LogP contribution in [0.5, 0.6) is 0 Å². The summed E-state index contributed by atoms with van der Waals surface area (Å²) in [6, 6.07) is 13.4. The maximum atomic E-state index is 12.9. The summed E-state index contributed by atoms with van der Waals surface area (Å²) in [6.07, 6.45) is 9.98. The zero-order valence-corrected chi connectivity index (χ0v) is 21.5. The highest BCUT2D eigenvalue weighted by atomic mass is 16.2. The molecule has 2 amide bonds. The Bertz CT molecular complexity index is 1270. The van der Waals surface area contributed by atoms with E-state index < -0.39 is 0 Å². The summed E-state index contributed by atoms with van der Waals surface area (Å²) in [5.74, 6) is 0.891. The maximum Gasteiger partial charge on any atom is 0.228 e. The second-order valence-electron chi connectivity index (χ2n) is 10.6. The van der Waals surface area contributed by atoms with E-state index in [1.807, 2.05) is 42.5 Å². The van der Waals surface area contributed by atoms with E-state index in [0.717, 1.165) is 85.8 Å². The lowest BCUT2D eigenvalue weighted by Crippen LogP contribution is -2.32. The van der Waals surface area contributed by atoms with Gasteiger partial charge in [0.2, 0.25) is 11.8 Å². The number of anilines is 2. The van der Waals surface area contributed by atoms with Crippen molar-refractivity contribution in [3.63, 3.8) is 0 Å². The molecule has 0 saturated heterocycles. The lowest BCUT2D eigenvalue weighted by atomic mass is 9.77. The summed E-state index contributed by atoms with van der Waals surface area (Å²) in [7, 11) is 0. The monoisotopic (exact) mass is 500 g/mol. The quantitative estimate of drug-likeness (QED) is 0.330. The van der Waals surface area contributed by atoms with Crippen LogP contribution in [0.15, 0.2) is 42.5 Å². The van der Waals surface area contributed by atoms with E-state index in [0.29, 0.717) is 11.6 Å². The van der Waals surface area contributed by atoms with Crippen molar-refractivity contribution in [2.75, 3.05) is 10.6 Å². The van der Waals surface area contributed by atoms with E-state index in [9.17, 15) is 14.4 Å². The van der Waals surface area contributed by atoms with E-state index in [1.54, 1.807) is 0 Å². The molecule has 2 saturated carbocycles. The lowest BCUT2D eigenvalue weighted by Gasteiger charge is -2.29. The zero-order chi connectivity index (χ0) is 25.8. The van der Waals surface area contributed by atoms with Gasteiger partial charge < -0.3 is 20.4 Å². The molecule has 2 aromatic carbocycles. The third-order valence-corrected chi connectivity index (χ3v) is 8.28. The van der Waals surface area contributed by atoms with Gasteiger partial charge in [-0.15, -0.1) is 0 Å². The third-order valence-electron chi connectivity index (χ3n) is 8.28. The Kier molecular flexibility index (Phi) is 7.68. The Morgan fingerprint density at radius 1 is 0.892 bits per heavy atom.